The summed E-state index contributed by atoms with van der Waals surface area (Å²) in [6, 6.07) is 6.47. The van der Waals surface area contributed by atoms with Crippen LogP contribution in [0.5, 0.6) is 0 Å². The average molecular weight is 336 g/mol. The number of carbonyl (C=O) groups is 2. The molecule has 6 heteroatoms. The van der Waals surface area contributed by atoms with E-state index in [1.807, 2.05) is 25.8 Å². The van der Waals surface area contributed by atoms with Crippen molar-refractivity contribution in [3.05, 3.63) is 29.8 Å². The summed E-state index contributed by atoms with van der Waals surface area (Å²) in [4.78, 5) is 26.0. The topological polar surface area (TPSA) is 67.9 Å². The summed E-state index contributed by atoms with van der Waals surface area (Å²) in [6.45, 7) is 5.67. The van der Waals surface area contributed by atoms with Crippen LogP contribution in [0.25, 0.3) is 0 Å². The minimum absolute atomic E-state index is 0.0868. The lowest BCUT2D eigenvalue weighted by molar-refractivity contribution is -0.120. The molecule has 0 heterocycles. The smallest absolute Gasteiger partial charge is 0.338 e. The van der Waals surface area contributed by atoms with Gasteiger partial charge in [-0.25, -0.2) is 4.79 Å². The zero-order valence-corrected chi connectivity index (χ0v) is 15.0. The molecule has 0 saturated carbocycles. The highest BCUT2D eigenvalue weighted by Crippen LogP contribution is 2.12. The Hall–Kier alpha value is -1.92. The number of carbonyl (C=O) groups excluding carboxylic acids is 2. The summed E-state index contributed by atoms with van der Waals surface area (Å²) in [5.74, 6) is -0.433. The van der Waals surface area contributed by atoms with Crippen LogP contribution >= 0.6 is 0 Å². The molecule has 0 fully saturated rings. The van der Waals surface area contributed by atoms with Crippen molar-refractivity contribution >= 4 is 17.6 Å². The van der Waals surface area contributed by atoms with Gasteiger partial charge in [-0.2, -0.15) is 0 Å². The number of methoxy groups -OCH3 is 1. The van der Waals surface area contributed by atoms with Crippen LogP contribution in [0.15, 0.2) is 24.3 Å². The van der Waals surface area contributed by atoms with Gasteiger partial charge in [0.1, 0.15) is 0 Å². The third-order valence-corrected chi connectivity index (χ3v) is 3.73. The Morgan fingerprint density at radius 2 is 1.88 bits per heavy atom. The molecule has 0 aromatic heterocycles. The fraction of sp³-hybridized carbons (Fsp3) is 0.556. The van der Waals surface area contributed by atoms with Crippen LogP contribution in [-0.4, -0.2) is 56.7 Å². The zero-order valence-electron chi connectivity index (χ0n) is 15.0. The van der Waals surface area contributed by atoms with Gasteiger partial charge in [-0.1, -0.05) is 6.92 Å². The van der Waals surface area contributed by atoms with Gasteiger partial charge in [0, 0.05) is 25.9 Å². The van der Waals surface area contributed by atoms with Crippen molar-refractivity contribution in [2.45, 2.75) is 32.7 Å². The normalized spacial score (nSPS) is 12.0. The summed E-state index contributed by atoms with van der Waals surface area (Å²) >= 11 is 0. The highest BCUT2D eigenvalue weighted by atomic mass is 16.5. The minimum Gasteiger partial charge on any atom is -0.462 e. The standard InChI is InChI=1S/C18H28N2O4/c1-5-12-24-18(22)15-7-9-16(10-8-15)19-17(21)14(2)20(3)11-6-13-23-4/h7-10,14H,5-6,11-13H2,1-4H3,(H,19,21). The van der Waals surface area contributed by atoms with Gasteiger partial charge in [0.2, 0.25) is 5.91 Å². The summed E-state index contributed by atoms with van der Waals surface area (Å²) in [5.41, 5.74) is 1.13. The van der Waals surface area contributed by atoms with Crippen molar-refractivity contribution in [2.75, 3.05) is 39.2 Å². The minimum atomic E-state index is -0.346. The Bertz CT molecular complexity index is 516. The summed E-state index contributed by atoms with van der Waals surface area (Å²) in [6.07, 6.45) is 1.66. The van der Waals surface area contributed by atoms with Gasteiger partial charge in [0.05, 0.1) is 18.2 Å². The number of hydrogen-bond donors (Lipinski definition) is 1. The van der Waals surface area contributed by atoms with E-state index in [2.05, 4.69) is 5.32 Å². The Labute approximate surface area is 144 Å². The van der Waals surface area contributed by atoms with Gasteiger partial charge in [0.15, 0.2) is 0 Å². The van der Waals surface area contributed by atoms with Gasteiger partial charge < -0.3 is 14.8 Å². The molecule has 6 nitrogen and oxygen atoms in total. The zero-order chi connectivity index (χ0) is 17.9. The maximum Gasteiger partial charge on any atom is 0.338 e. The monoisotopic (exact) mass is 336 g/mol. The number of anilines is 1. The third-order valence-electron chi connectivity index (χ3n) is 3.73. The molecule has 0 aliphatic heterocycles. The van der Waals surface area contributed by atoms with E-state index in [4.69, 9.17) is 9.47 Å². The first kappa shape index (κ1) is 20.1. The summed E-state index contributed by atoms with van der Waals surface area (Å²) in [5, 5.41) is 2.86. The Kier molecular flexibility index (Phi) is 9.04. The molecule has 1 unspecified atom stereocenters. The van der Waals surface area contributed by atoms with Crippen molar-refractivity contribution in [3.8, 4) is 0 Å². The number of nitrogens with one attached hydrogen (secondary N) is 1. The molecule has 0 radical (unpaired) electrons. The summed E-state index contributed by atoms with van der Waals surface area (Å²) < 4.78 is 10.1. The number of esters is 1. The second-order valence-electron chi connectivity index (χ2n) is 5.71. The molecule has 1 rings (SSSR count). The van der Waals surface area contributed by atoms with Crippen LogP contribution in [0.3, 0.4) is 0 Å². The fourth-order valence-electron chi connectivity index (χ4n) is 2.07. The molecule has 1 N–H and O–H groups in total. The number of hydrogen-bond acceptors (Lipinski definition) is 5. The molecule has 0 aliphatic rings. The van der Waals surface area contributed by atoms with E-state index >= 15 is 0 Å². The van der Waals surface area contributed by atoms with Crippen LogP contribution in [-0.2, 0) is 14.3 Å². The SMILES string of the molecule is CCCOC(=O)c1ccc(NC(=O)C(C)N(C)CCCOC)cc1. The van der Waals surface area contributed by atoms with Crippen LogP contribution in [0.4, 0.5) is 5.69 Å². The van der Waals surface area contributed by atoms with Gasteiger partial charge in [-0.15, -0.1) is 0 Å². The van der Waals surface area contributed by atoms with Crippen molar-refractivity contribution < 1.29 is 19.1 Å². The van der Waals surface area contributed by atoms with Crippen molar-refractivity contribution in [1.29, 1.82) is 0 Å². The predicted octanol–water partition coefficient (Wildman–Crippen LogP) is 2.55. The second kappa shape index (κ2) is 10.8. The van der Waals surface area contributed by atoms with Gasteiger partial charge in [-0.3, -0.25) is 9.69 Å². The van der Waals surface area contributed by atoms with Crippen molar-refractivity contribution in [3.63, 3.8) is 0 Å². The van der Waals surface area contributed by atoms with E-state index in [9.17, 15) is 9.59 Å². The molecular formula is C18H28N2O4. The lowest BCUT2D eigenvalue weighted by atomic mass is 10.2. The number of benzene rings is 1. The van der Waals surface area contributed by atoms with E-state index < -0.39 is 0 Å². The molecular weight excluding hydrogens is 308 g/mol. The number of rotatable bonds is 10. The predicted molar refractivity (Wildman–Crippen MR) is 94.2 cm³/mol. The molecule has 0 aliphatic carbocycles. The molecule has 0 saturated heterocycles. The number of ether oxygens (including phenoxy) is 2. The van der Waals surface area contributed by atoms with Crippen LogP contribution < -0.4 is 5.32 Å². The maximum absolute atomic E-state index is 12.3. The molecule has 134 valence electrons. The maximum atomic E-state index is 12.3. The highest BCUT2D eigenvalue weighted by Gasteiger charge is 2.18. The first-order chi connectivity index (χ1) is 11.5. The Balaban J connectivity index is 2.53. The van der Waals surface area contributed by atoms with Crippen molar-refractivity contribution in [2.24, 2.45) is 0 Å². The van der Waals surface area contributed by atoms with Crippen LogP contribution in [0, 0.1) is 0 Å². The van der Waals surface area contributed by atoms with E-state index in [0.717, 1.165) is 19.4 Å². The van der Waals surface area contributed by atoms with Gasteiger partial charge in [-0.05, 0) is 51.1 Å². The van der Waals surface area contributed by atoms with Gasteiger partial charge >= 0.3 is 5.97 Å². The number of amides is 1. The molecule has 1 atom stereocenters. The molecule has 1 aromatic rings. The van der Waals surface area contributed by atoms with E-state index in [1.165, 1.54) is 0 Å². The number of nitrogens with zero attached hydrogens (tertiary/aromatic N) is 1. The molecule has 0 spiro atoms. The lowest BCUT2D eigenvalue weighted by Gasteiger charge is -2.23. The largest absolute Gasteiger partial charge is 0.462 e. The molecule has 1 aromatic carbocycles. The third kappa shape index (κ3) is 6.68. The highest BCUT2D eigenvalue weighted by molar-refractivity contribution is 5.95. The quantitative estimate of drug-likeness (QED) is 0.525. The fourth-order valence-corrected chi connectivity index (χ4v) is 2.07. The second-order valence-corrected chi connectivity index (χ2v) is 5.71. The molecule has 24 heavy (non-hydrogen) atoms. The first-order valence-electron chi connectivity index (χ1n) is 8.26. The Morgan fingerprint density at radius 3 is 2.46 bits per heavy atom. The Morgan fingerprint density at radius 1 is 1.21 bits per heavy atom. The van der Waals surface area contributed by atoms with Gasteiger partial charge in [0.25, 0.3) is 0 Å². The van der Waals surface area contributed by atoms with E-state index in [-0.39, 0.29) is 17.9 Å². The van der Waals surface area contributed by atoms with Crippen LogP contribution in [0.1, 0.15) is 37.0 Å². The van der Waals surface area contributed by atoms with Crippen molar-refractivity contribution in [1.82, 2.24) is 4.90 Å². The van der Waals surface area contributed by atoms with E-state index in [1.54, 1.807) is 31.4 Å². The summed E-state index contributed by atoms with van der Waals surface area (Å²) in [7, 11) is 3.57. The molecule has 0 bridgehead atoms. The first-order valence-corrected chi connectivity index (χ1v) is 8.26. The average Bonchev–Trinajstić information content (AvgIpc) is 2.59. The molecule has 1 amide bonds. The number of likely N-dealkylation sites (N-methyl/N-ethyl adjacent to an activating group) is 1. The van der Waals surface area contributed by atoms with Crippen LogP contribution in [0.2, 0.25) is 0 Å². The van der Waals surface area contributed by atoms with E-state index in [0.29, 0.717) is 24.5 Å². The lowest BCUT2D eigenvalue weighted by Crippen LogP contribution is -2.40.